The first-order valence-electron chi connectivity index (χ1n) is 8.97. The van der Waals surface area contributed by atoms with Crippen molar-refractivity contribution in [3.05, 3.63) is 29.8 Å². The molecule has 0 aromatic heterocycles. The van der Waals surface area contributed by atoms with Gasteiger partial charge in [-0.1, -0.05) is 39.8 Å². The number of hydrogen-bond donors (Lipinski definition) is 2. The van der Waals surface area contributed by atoms with Gasteiger partial charge in [-0.25, -0.2) is 0 Å². The Morgan fingerprint density at radius 3 is 2.28 bits per heavy atom. The summed E-state index contributed by atoms with van der Waals surface area (Å²) < 4.78 is 5.81. The minimum absolute atomic E-state index is 0. The van der Waals surface area contributed by atoms with Crippen LogP contribution in [0.2, 0.25) is 0 Å². The van der Waals surface area contributed by atoms with Crippen molar-refractivity contribution >= 4 is 29.9 Å². The Labute approximate surface area is 170 Å². The van der Waals surface area contributed by atoms with Gasteiger partial charge in [-0.2, -0.15) is 0 Å². The van der Waals surface area contributed by atoms with Crippen molar-refractivity contribution < 1.29 is 4.74 Å². The number of nitrogens with zero attached hydrogens (tertiary/aromatic N) is 2. The smallest absolute Gasteiger partial charge is 0.191 e. The zero-order valence-electron chi connectivity index (χ0n) is 16.3. The third-order valence-electron chi connectivity index (χ3n) is 3.86. The van der Waals surface area contributed by atoms with Gasteiger partial charge >= 0.3 is 0 Å². The first-order valence-corrected chi connectivity index (χ1v) is 8.97. The highest BCUT2D eigenvalue weighted by Crippen LogP contribution is 2.12. The van der Waals surface area contributed by atoms with Crippen LogP contribution in [-0.2, 0) is 6.54 Å². The first-order chi connectivity index (χ1) is 11.6. The van der Waals surface area contributed by atoms with Crippen molar-refractivity contribution in [2.75, 3.05) is 39.8 Å². The fourth-order valence-corrected chi connectivity index (χ4v) is 2.24. The lowest BCUT2D eigenvalue weighted by Gasteiger charge is -2.18. The number of halogens is 1. The highest BCUT2D eigenvalue weighted by molar-refractivity contribution is 14.0. The maximum atomic E-state index is 5.81. The number of rotatable bonds is 10. The van der Waals surface area contributed by atoms with E-state index < -0.39 is 0 Å². The molecule has 1 aromatic rings. The fourth-order valence-electron chi connectivity index (χ4n) is 2.24. The van der Waals surface area contributed by atoms with Crippen LogP contribution < -0.4 is 15.4 Å². The Balaban J connectivity index is 0.00000576. The second-order valence-corrected chi connectivity index (χ2v) is 6.22. The van der Waals surface area contributed by atoms with Gasteiger partial charge in [-0.05, 0) is 36.7 Å². The number of aliphatic imine (C=N–C) groups is 1. The van der Waals surface area contributed by atoms with Gasteiger partial charge in [0.25, 0.3) is 0 Å². The van der Waals surface area contributed by atoms with Crippen molar-refractivity contribution in [3.63, 3.8) is 0 Å². The van der Waals surface area contributed by atoms with Gasteiger partial charge in [0.1, 0.15) is 12.4 Å². The summed E-state index contributed by atoms with van der Waals surface area (Å²) in [5.74, 6) is 2.35. The second-order valence-electron chi connectivity index (χ2n) is 6.22. The van der Waals surface area contributed by atoms with Crippen LogP contribution in [0.4, 0.5) is 0 Å². The predicted molar refractivity (Wildman–Crippen MR) is 118 cm³/mol. The van der Waals surface area contributed by atoms with Crippen molar-refractivity contribution in [2.45, 2.75) is 34.2 Å². The third kappa shape index (κ3) is 10.5. The lowest BCUT2D eigenvalue weighted by Crippen LogP contribution is -2.38. The summed E-state index contributed by atoms with van der Waals surface area (Å²) in [7, 11) is 1.79. The molecule has 0 aliphatic carbocycles. The molecule has 0 heterocycles. The number of ether oxygens (including phenoxy) is 1. The molecule has 0 saturated carbocycles. The van der Waals surface area contributed by atoms with Gasteiger partial charge in [-0.15, -0.1) is 24.0 Å². The number of nitrogens with one attached hydrogen (secondary N) is 2. The van der Waals surface area contributed by atoms with E-state index in [4.69, 9.17) is 4.74 Å². The molecule has 0 bridgehead atoms. The normalized spacial score (nSPS) is 11.4. The van der Waals surface area contributed by atoms with Crippen LogP contribution in [0.25, 0.3) is 0 Å². The van der Waals surface area contributed by atoms with Crippen LogP contribution in [-0.4, -0.2) is 50.7 Å². The monoisotopic (exact) mass is 462 g/mol. The number of hydrogen-bond acceptors (Lipinski definition) is 3. The Kier molecular flexibility index (Phi) is 13.6. The zero-order chi connectivity index (χ0) is 17.8. The summed E-state index contributed by atoms with van der Waals surface area (Å²) in [4.78, 5) is 6.59. The maximum absolute atomic E-state index is 5.81. The molecule has 1 aromatic carbocycles. The number of likely N-dealkylation sites (N-methyl/N-ethyl adjacent to an activating group) is 1. The standard InChI is InChI=1S/C19H34N4O.HI/c1-6-23(7-2)12-13-24-18-10-8-17(9-11-18)15-22-19(20-5)21-14-16(3)4;/h8-11,16H,6-7,12-15H2,1-5H3,(H2,20,21,22);1H. The molecule has 2 N–H and O–H groups in total. The van der Waals surface area contributed by atoms with Crippen LogP contribution >= 0.6 is 24.0 Å². The van der Waals surface area contributed by atoms with E-state index in [1.807, 2.05) is 12.1 Å². The molecular weight excluding hydrogens is 427 g/mol. The largest absolute Gasteiger partial charge is 0.492 e. The van der Waals surface area contributed by atoms with E-state index in [0.717, 1.165) is 51.0 Å². The highest BCUT2D eigenvalue weighted by atomic mass is 127. The van der Waals surface area contributed by atoms with Crippen LogP contribution in [0.5, 0.6) is 5.75 Å². The van der Waals surface area contributed by atoms with E-state index in [0.29, 0.717) is 5.92 Å². The molecule has 1 rings (SSSR count). The molecule has 144 valence electrons. The van der Waals surface area contributed by atoms with E-state index in [9.17, 15) is 0 Å². The fraction of sp³-hybridized carbons (Fsp3) is 0.632. The first kappa shape index (κ1) is 24.0. The summed E-state index contributed by atoms with van der Waals surface area (Å²) >= 11 is 0. The van der Waals surface area contributed by atoms with E-state index in [-0.39, 0.29) is 24.0 Å². The summed E-state index contributed by atoms with van der Waals surface area (Å²) in [5.41, 5.74) is 1.21. The van der Waals surface area contributed by atoms with Crippen molar-refractivity contribution in [1.29, 1.82) is 0 Å². The van der Waals surface area contributed by atoms with E-state index in [1.165, 1.54) is 5.56 Å². The van der Waals surface area contributed by atoms with Crippen LogP contribution in [0, 0.1) is 5.92 Å². The van der Waals surface area contributed by atoms with Crippen molar-refractivity contribution in [3.8, 4) is 5.75 Å². The van der Waals surface area contributed by atoms with Gasteiger partial charge < -0.3 is 20.3 Å². The average Bonchev–Trinajstić information content (AvgIpc) is 2.60. The number of benzene rings is 1. The third-order valence-corrected chi connectivity index (χ3v) is 3.86. The van der Waals surface area contributed by atoms with Gasteiger partial charge in [0, 0.05) is 26.7 Å². The lowest BCUT2D eigenvalue weighted by atomic mass is 10.2. The Morgan fingerprint density at radius 2 is 1.76 bits per heavy atom. The van der Waals surface area contributed by atoms with Gasteiger partial charge in [-0.3, -0.25) is 4.99 Å². The summed E-state index contributed by atoms with van der Waals surface area (Å²) in [5, 5.41) is 6.63. The zero-order valence-corrected chi connectivity index (χ0v) is 18.7. The quantitative estimate of drug-likeness (QED) is 0.318. The molecule has 0 aliphatic rings. The molecule has 0 spiro atoms. The molecule has 6 heteroatoms. The second kappa shape index (κ2) is 14.2. The van der Waals surface area contributed by atoms with E-state index in [1.54, 1.807) is 7.05 Å². The van der Waals surface area contributed by atoms with Gasteiger partial charge in [0.05, 0.1) is 0 Å². The van der Waals surface area contributed by atoms with Gasteiger partial charge in [0.15, 0.2) is 5.96 Å². The van der Waals surface area contributed by atoms with E-state index >= 15 is 0 Å². The molecule has 5 nitrogen and oxygen atoms in total. The SMILES string of the molecule is CCN(CC)CCOc1ccc(CNC(=NC)NCC(C)C)cc1.I. The highest BCUT2D eigenvalue weighted by Gasteiger charge is 2.02. The molecule has 25 heavy (non-hydrogen) atoms. The Morgan fingerprint density at radius 1 is 1.12 bits per heavy atom. The molecule has 0 unspecified atom stereocenters. The predicted octanol–water partition coefficient (Wildman–Crippen LogP) is 3.35. The molecular formula is C19H35IN4O. The average molecular weight is 462 g/mol. The molecule has 0 radical (unpaired) electrons. The van der Waals surface area contributed by atoms with Crippen molar-refractivity contribution in [1.82, 2.24) is 15.5 Å². The summed E-state index contributed by atoms with van der Waals surface area (Å²) in [6, 6.07) is 8.25. The Bertz CT molecular complexity index is 473. The van der Waals surface area contributed by atoms with Gasteiger partial charge in [0.2, 0.25) is 0 Å². The topological polar surface area (TPSA) is 48.9 Å². The summed E-state index contributed by atoms with van der Waals surface area (Å²) in [6.45, 7) is 14.2. The molecule has 0 amide bonds. The molecule has 0 fully saturated rings. The molecule has 0 aliphatic heterocycles. The molecule has 0 atom stereocenters. The van der Waals surface area contributed by atoms with Crippen LogP contribution in [0.3, 0.4) is 0 Å². The van der Waals surface area contributed by atoms with Crippen LogP contribution in [0.15, 0.2) is 29.3 Å². The molecule has 0 saturated heterocycles. The Hall–Kier alpha value is -1.02. The minimum Gasteiger partial charge on any atom is -0.492 e. The lowest BCUT2D eigenvalue weighted by molar-refractivity contribution is 0.223. The van der Waals surface area contributed by atoms with E-state index in [2.05, 4.69) is 60.4 Å². The minimum atomic E-state index is 0. The van der Waals surface area contributed by atoms with Crippen LogP contribution in [0.1, 0.15) is 33.3 Å². The summed E-state index contributed by atoms with van der Waals surface area (Å²) in [6.07, 6.45) is 0. The maximum Gasteiger partial charge on any atom is 0.191 e. The number of guanidine groups is 1. The van der Waals surface area contributed by atoms with Crippen molar-refractivity contribution in [2.24, 2.45) is 10.9 Å².